The van der Waals surface area contributed by atoms with Crippen molar-refractivity contribution in [2.45, 2.75) is 38.0 Å². The van der Waals surface area contributed by atoms with Crippen LogP contribution in [-0.4, -0.2) is 58.6 Å². The summed E-state index contributed by atoms with van der Waals surface area (Å²) in [6.07, 6.45) is 7.13. The van der Waals surface area contributed by atoms with Crippen molar-refractivity contribution in [2.75, 3.05) is 26.7 Å². The first-order valence-electron chi connectivity index (χ1n) is 6.82. The van der Waals surface area contributed by atoms with Gasteiger partial charge in [0.1, 0.15) is 0 Å². The maximum atomic E-state index is 9.88. The SMILES string of the molecule is CN1CCCCC1CNCC(O)Cn1cccn1. The minimum absolute atomic E-state index is 0.376. The average molecular weight is 252 g/mol. The molecule has 5 nitrogen and oxygen atoms in total. The lowest BCUT2D eigenvalue weighted by molar-refractivity contribution is 0.135. The number of likely N-dealkylation sites (tertiary alicyclic amines) is 1. The number of nitrogens with zero attached hydrogens (tertiary/aromatic N) is 3. The number of likely N-dealkylation sites (N-methyl/N-ethyl adjacent to an activating group) is 1. The molecule has 0 spiro atoms. The Labute approximate surface area is 109 Å². The zero-order valence-electron chi connectivity index (χ0n) is 11.1. The maximum Gasteiger partial charge on any atom is 0.0860 e. The molecule has 1 aliphatic heterocycles. The summed E-state index contributed by atoms with van der Waals surface area (Å²) in [5.74, 6) is 0. The largest absolute Gasteiger partial charge is 0.390 e. The molecule has 5 heteroatoms. The molecular weight excluding hydrogens is 228 g/mol. The zero-order valence-corrected chi connectivity index (χ0v) is 11.1. The third-order valence-corrected chi connectivity index (χ3v) is 3.64. The topological polar surface area (TPSA) is 53.3 Å². The second-order valence-corrected chi connectivity index (χ2v) is 5.17. The van der Waals surface area contributed by atoms with Crippen LogP contribution in [0.25, 0.3) is 0 Å². The predicted molar refractivity (Wildman–Crippen MR) is 71.4 cm³/mol. The van der Waals surface area contributed by atoms with Crippen molar-refractivity contribution in [3.8, 4) is 0 Å². The number of rotatable bonds is 6. The van der Waals surface area contributed by atoms with Crippen molar-refractivity contribution in [1.82, 2.24) is 20.0 Å². The summed E-state index contributed by atoms with van der Waals surface area (Å²) in [6.45, 7) is 3.35. The van der Waals surface area contributed by atoms with Gasteiger partial charge in [-0.25, -0.2) is 0 Å². The molecule has 2 N–H and O–H groups in total. The van der Waals surface area contributed by atoms with Gasteiger partial charge in [-0.2, -0.15) is 5.10 Å². The second kappa shape index (κ2) is 6.87. The minimum atomic E-state index is -0.376. The van der Waals surface area contributed by atoms with Crippen LogP contribution in [0.3, 0.4) is 0 Å². The van der Waals surface area contributed by atoms with Gasteiger partial charge >= 0.3 is 0 Å². The zero-order chi connectivity index (χ0) is 12.8. The summed E-state index contributed by atoms with van der Waals surface area (Å²) in [5, 5.41) is 17.3. The molecular formula is C13H24N4O. The highest BCUT2D eigenvalue weighted by Gasteiger charge is 2.18. The van der Waals surface area contributed by atoms with Gasteiger partial charge in [-0.1, -0.05) is 6.42 Å². The lowest BCUT2D eigenvalue weighted by Crippen LogP contribution is -2.44. The fraction of sp³-hybridized carbons (Fsp3) is 0.769. The first-order valence-corrected chi connectivity index (χ1v) is 6.82. The van der Waals surface area contributed by atoms with Gasteiger partial charge in [-0.05, 0) is 32.5 Å². The van der Waals surface area contributed by atoms with Crippen molar-refractivity contribution in [3.63, 3.8) is 0 Å². The molecule has 102 valence electrons. The van der Waals surface area contributed by atoms with E-state index in [-0.39, 0.29) is 6.10 Å². The van der Waals surface area contributed by atoms with Crippen LogP contribution in [0.4, 0.5) is 0 Å². The number of hydrogen-bond donors (Lipinski definition) is 2. The van der Waals surface area contributed by atoms with Crippen LogP contribution in [0.5, 0.6) is 0 Å². The average Bonchev–Trinajstić information content (AvgIpc) is 2.84. The standard InChI is InChI=1S/C13H24N4O/c1-16-7-3-2-5-12(16)9-14-10-13(18)11-17-8-4-6-15-17/h4,6,8,12-14,18H,2-3,5,7,9-11H2,1H3. The highest BCUT2D eigenvalue weighted by atomic mass is 16.3. The Morgan fingerprint density at radius 3 is 3.11 bits per heavy atom. The molecule has 0 bridgehead atoms. The highest BCUT2D eigenvalue weighted by molar-refractivity contribution is 4.80. The van der Waals surface area contributed by atoms with E-state index in [4.69, 9.17) is 0 Å². The molecule has 0 aliphatic carbocycles. The van der Waals surface area contributed by atoms with Gasteiger partial charge in [-0.15, -0.1) is 0 Å². The lowest BCUT2D eigenvalue weighted by Gasteiger charge is -2.32. The normalized spacial score (nSPS) is 23.1. The summed E-state index contributed by atoms with van der Waals surface area (Å²) in [6, 6.07) is 2.49. The third kappa shape index (κ3) is 4.08. The third-order valence-electron chi connectivity index (χ3n) is 3.64. The summed E-state index contributed by atoms with van der Waals surface area (Å²) >= 11 is 0. The molecule has 1 saturated heterocycles. The second-order valence-electron chi connectivity index (χ2n) is 5.17. The monoisotopic (exact) mass is 252 g/mol. The molecule has 1 aromatic heterocycles. The van der Waals surface area contributed by atoms with E-state index in [0.29, 0.717) is 19.1 Å². The Hall–Kier alpha value is -0.910. The van der Waals surface area contributed by atoms with Crippen molar-refractivity contribution in [1.29, 1.82) is 0 Å². The van der Waals surface area contributed by atoms with Crippen molar-refractivity contribution >= 4 is 0 Å². The summed E-state index contributed by atoms with van der Waals surface area (Å²) < 4.78 is 1.76. The van der Waals surface area contributed by atoms with Gasteiger partial charge in [0.25, 0.3) is 0 Å². The van der Waals surface area contributed by atoms with Crippen molar-refractivity contribution < 1.29 is 5.11 Å². The summed E-state index contributed by atoms with van der Waals surface area (Å²) in [5.41, 5.74) is 0. The number of aromatic nitrogens is 2. The Balaban J connectivity index is 1.62. The van der Waals surface area contributed by atoms with Crippen LogP contribution < -0.4 is 5.32 Å². The fourth-order valence-corrected chi connectivity index (χ4v) is 2.51. The smallest absolute Gasteiger partial charge is 0.0860 e. The van der Waals surface area contributed by atoms with Crippen LogP contribution in [-0.2, 0) is 6.54 Å². The molecule has 1 aromatic rings. The first kappa shape index (κ1) is 13.5. The Morgan fingerprint density at radius 2 is 2.39 bits per heavy atom. The highest BCUT2D eigenvalue weighted by Crippen LogP contribution is 2.13. The Bertz CT molecular complexity index is 328. The number of piperidine rings is 1. The number of nitrogens with one attached hydrogen (secondary N) is 1. The van der Waals surface area contributed by atoms with E-state index in [0.717, 1.165) is 6.54 Å². The quantitative estimate of drug-likeness (QED) is 0.765. The van der Waals surface area contributed by atoms with E-state index < -0.39 is 0 Å². The number of hydrogen-bond acceptors (Lipinski definition) is 4. The molecule has 2 unspecified atom stereocenters. The number of aliphatic hydroxyl groups excluding tert-OH is 1. The van der Waals surface area contributed by atoms with E-state index in [1.54, 1.807) is 10.9 Å². The van der Waals surface area contributed by atoms with E-state index >= 15 is 0 Å². The molecule has 1 fully saturated rings. The van der Waals surface area contributed by atoms with E-state index in [2.05, 4.69) is 22.4 Å². The van der Waals surface area contributed by atoms with E-state index in [9.17, 15) is 5.11 Å². The van der Waals surface area contributed by atoms with Gasteiger partial charge in [0.05, 0.1) is 12.6 Å². The van der Waals surface area contributed by atoms with Gasteiger partial charge in [-0.3, -0.25) is 4.68 Å². The van der Waals surface area contributed by atoms with Gasteiger partial charge in [0.15, 0.2) is 0 Å². The van der Waals surface area contributed by atoms with Gasteiger partial charge in [0.2, 0.25) is 0 Å². The van der Waals surface area contributed by atoms with Crippen LogP contribution in [0.2, 0.25) is 0 Å². The van der Waals surface area contributed by atoms with Crippen LogP contribution in [0.15, 0.2) is 18.5 Å². The van der Waals surface area contributed by atoms with Crippen LogP contribution in [0.1, 0.15) is 19.3 Å². The molecule has 0 amide bonds. The van der Waals surface area contributed by atoms with Crippen LogP contribution >= 0.6 is 0 Å². The molecule has 0 aromatic carbocycles. The van der Waals surface area contributed by atoms with Crippen LogP contribution in [0, 0.1) is 0 Å². The molecule has 2 atom stereocenters. The minimum Gasteiger partial charge on any atom is -0.390 e. The van der Waals surface area contributed by atoms with Gasteiger partial charge in [0, 0.05) is 31.5 Å². The lowest BCUT2D eigenvalue weighted by atomic mass is 10.0. The first-order chi connectivity index (χ1) is 8.75. The Morgan fingerprint density at radius 1 is 1.50 bits per heavy atom. The summed E-state index contributed by atoms with van der Waals surface area (Å²) in [7, 11) is 2.19. The van der Waals surface area contributed by atoms with E-state index in [1.165, 1.54) is 25.8 Å². The van der Waals surface area contributed by atoms with Gasteiger partial charge < -0.3 is 15.3 Å². The molecule has 1 aliphatic rings. The summed E-state index contributed by atoms with van der Waals surface area (Å²) in [4.78, 5) is 2.41. The molecule has 2 rings (SSSR count). The molecule has 2 heterocycles. The molecule has 0 saturated carbocycles. The molecule has 18 heavy (non-hydrogen) atoms. The van der Waals surface area contributed by atoms with Crippen molar-refractivity contribution in [3.05, 3.63) is 18.5 Å². The van der Waals surface area contributed by atoms with E-state index in [1.807, 2.05) is 12.3 Å². The Kier molecular flexibility index (Phi) is 5.16. The maximum absolute atomic E-state index is 9.88. The number of aliphatic hydroxyl groups is 1. The molecule has 0 radical (unpaired) electrons. The van der Waals surface area contributed by atoms with Crippen molar-refractivity contribution in [2.24, 2.45) is 0 Å². The fourth-order valence-electron chi connectivity index (χ4n) is 2.51. The predicted octanol–water partition coefficient (Wildman–Crippen LogP) is 0.318.